The topological polar surface area (TPSA) is 23.5 Å². The first-order valence-electron chi connectivity index (χ1n) is 7.64. The molecule has 1 aliphatic carbocycles. The third-order valence-electron chi connectivity index (χ3n) is 5.10. The van der Waals surface area contributed by atoms with E-state index in [9.17, 15) is 13.2 Å². The van der Waals surface area contributed by atoms with Gasteiger partial charge in [-0.05, 0) is 70.4 Å². The minimum Gasteiger partial charge on any atom is -0.396 e. The standard InChI is InChI=1S/C15H26F3NO/c1-14(2,15(16,17)18)10-19-6-3-11(4-7-19)13-9-12(13)5-8-20/h11-13,20H,3-10H2,1-2H3/t12?,13-/m1/s1. The van der Waals surface area contributed by atoms with Crippen LogP contribution in [0.2, 0.25) is 0 Å². The Morgan fingerprint density at radius 3 is 2.25 bits per heavy atom. The minimum atomic E-state index is -4.13. The number of aliphatic hydroxyl groups is 1. The Morgan fingerprint density at radius 2 is 1.75 bits per heavy atom. The lowest BCUT2D eigenvalue weighted by Gasteiger charge is -2.38. The second-order valence-corrected chi connectivity index (χ2v) is 7.17. The second kappa shape index (κ2) is 5.84. The van der Waals surface area contributed by atoms with Gasteiger partial charge < -0.3 is 10.0 Å². The first-order valence-corrected chi connectivity index (χ1v) is 7.64. The largest absolute Gasteiger partial charge is 0.396 e. The van der Waals surface area contributed by atoms with Crippen LogP contribution in [0.15, 0.2) is 0 Å². The Hall–Kier alpha value is -0.290. The lowest BCUT2D eigenvalue weighted by atomic mass is 9.87. The van der Waals surface area contributed by atoms with Gasteiger partial charge in [-0.2, -0.15) is 13.2 Å². The van der Waals surface area contributed by atoms with Crippen molar-refractivity contribution >= 4 is 0 Å². The van der Waals surface area contributed by atoms with Crippen LogP contribution >= 0.6 is 0 Å². The fraction of sp³-hybridized carbons (Fsp3) is 1.00. The van der Waals surface area contributed by atoms with Gasteiger partial charge in [0.15, 0.2) is 0 Å². The van der Waals surface area contributed by atoms with Crippen LogP contribution < -0.4 is 0 Å². The summed E-state index contributed by atoms with van der Waals surface area (Å²) < 4.78 is 38.7. The van der Waals surface area contributed by atoms with Crippen LogP contribution in [-0.2, 0) is 0 Å². The highest BCUT2D eigenvalue weighted by molar-refractivity contribution is 4.93. The molecular formula is C15H26F3NO. The van der Waals surface area contributed by atoms with E-state index in [1.54, 1.807) is 0 Å². The number of hydrogen-bond donors (Lipinski definition) is 1. The SMILES string of the molecule is CC(C)(CN1CCC([C@H]2CC2CCO)CC1)C(F)(F)F. The highest BCUT2D eigenvalue weighted by Crippen LogP contribution is 2.50. The Morgan fingerprint density at radius 1 is 1.15 bits per heavy atom. The molecule has 1 saturated carbocycles. The van der Waals surface area contributed by atoms with Crippen molar-refractivity contribution in [3.63, 3.8) is 0 Å². The van der Waals surface area contributed by atoms with Crippen molar-refractivity contribution < 1.29 is 18.3 Å². The molecule has 2 fully saturated rings. The van der Waals surface area contributed by atoms with E-state index in [-0.39, 0.29) is 13.2 Å². The molecular weight excluding hydrogens is 267 g/mol. The number of rotatable bonds is 5. The summed E-state index contributed by atoms with van der Waals surface area (Å²) in [5.41, 5.74) is -1.63. The summed E-state index contributed by atoms with van der Waals surface area (Å²) in [6, 6.07) is 0. The smallest absolute Gasteiger partial charge is 0.395 e. The monoisotopic (exact) mass is 293 g/mol. The Labute approximate surface area is 119 Å². The van der Waals surface area contributed by atoms with Crippen LogP contribution in [0.5, 0.6) is 0 Å². The zero-order chi connectivity index (χ0) is 15.0. The number of aliphatic hydroxyl groups excluding tert-OH is 1. The Kier molecular flexibility index (Phi) is 4.69. The predicted octanol–water partition coefficient (Wildman–Crippen LogP) is 3.31. The van der Waals surface area contributed by atoms with Crippen molar-refractivity contribution in [3.05, 3.63) is 0 Å². The van der Waals surface area contributed by atoms with E-state index in [4.69, 9.17) is 5.11 Å². The molecule has 0 radical (unpaired) electrons. The van der Waals surface area contributed by atoms with E-state index in [0.717, 1.165) is 38.3 Å². The van der Waals surface area contributed by atoms with Crippen LogP contribution in [0.4, 0.5) is 13.2 Å². The summed E-state index contributed by atoms with van der Waals surface area (Å²) in [4.78, 5) is 1.97. The van der Waals surface area contributed by atoms with Crippen molar-refractivity contribution in [3.8, 4) is 0 Å². The lowest BCUT2D eigenvalue weighted by molar-refractivity contribution is -0.217. The Bertz CT molecular complexity index is 322. The van der Waals surface area contributed by atoms with Crippen molar-refractivity contribution in [2.75, 3.05) is 26.2 Å². The molecule has 1 saturated heterocycles. The Balaban J connectivity index is 1.75. The number of nitrogens with zero attached hydrogens (tertiary/aromatic N) is 1. The lowest BCUT2D eigenvalue weighted by Crippen LogP contribution is -2.46. The quantitative estimate of drug-likeness (QED) is 0.840. The fourth-order valence-electron chi connectivity index (χ4n) is 3.53. The van der Waals surface area contributed by atoms with Crippen LogP contribution in [0.3, 0.4) is 0 Å². The average molecular weight is 293 g/mol. The summed E-state index contributed by atoms with van der Waals surface area (Å²) in [7, 11) is 0. The van der Waals surface area contributed by atoms with Gasteiger partial charge in [-0.3, -0.25) is 0 Å². The van der Waals surface area contributed by atoms with Crippen LogP contribution in [0.1, 0.15) is 39.5 Å². The molecule has 1 heterocycles. The minimum absolute atomic E-state index is 0.105. The molecule has 0 bridgehead atoms. The van der Waals surface area contributed by atoms with Gasteiger partial charge in [0, 0.05) is 13.2 Å². The molecule has 5 heteroatoms. The fourth-order valence-corrected chi connectivity index (χ4v) is 3.53. The van der Waals surface area contributed by atoms with Crippen molar-refractivity contribution in [1.82, 2.24) is 4.90 Å². The van der Waals surface area contributed by atoms with Gasteiger partial charge in [0.25, 0.3) is 0 Å². The highest BCUT2D eigenvalue weighted by Gasteiger charge is 2.49. The van der Waals surface area contributed by atoms with E-state index < -0.39 is 11.6 Å². The molecule has 2 rings (SSSR count). The van der Waals surface area contributed by atoms with E-state index in [0.29, 0.717) is 11.8 Å². The number of hydrogen-bond acceptors (Lipinski definition) is 2. The summed E-state index contributed by atoms with van der Waals surface area (Å²) in [6.45, 7) is 4.52. The number of alkyl halides is 3. The maximum Gasteiger partial charge on any atom is 0.395 e. The summed E-state index contributed by atoms with van der Waals surface area (Å²) in [5, 5.41) is 8.92. The molecule has 0 aromatic heterocycles. The van der Waals surface area contributed by atoms with Gasteiger partial charge >= 0.3 is 6.18 Å². The van der Waals surface area contributed by atoms with Gasteiger partial charge in [0.2, 0.25) is 0 Å². The molecule has 0 amide bonds. The van der Waals surface area contributed by atoms with Gasteiger partial charge in [0.05, 0.1) is 5.41 Å². The van der Waals surface area contributed by atoms with Crippen molar-refractivity contribution in [1.29, 1.82) is 0 Å². The third kappa shape index (κ3) is 3.67. The van der Waals surface area contributed by atoms with E-state index in [1.165, 1.54) is 20.3 Å². The summed E-state index contributed by atoms with van der Waals surface area (Å²) >= 11 is 0. The molecule has 2 aliphatic rings. The first kappa shape index (κ1) is 16.1. The van der Waals surface area contributed by atoms with Gasteiger partial charge in [0.1, 0.15) is 0 Å². The maximum absolute atomic E-state index is 12.9. The van der Waals surface area contributed by atoms with Gasteiger partial charge in [-0.25, -0.2) is 0 Å². The molecule has 0 aromatic rings. The van der Waals surface area contributed by atoms with E-state index >= 15 is 0 Å². The molecule has 1 unspecified atom stereocenters. The van der Waals surface area contributed by atoms with E-state index in [2.05, 4.69) is 0 Å². The van der Waals surface area contributed by atoms with Crippen LogP contribution in [-0.4, -0.2) is 42.4 Å². The predicted molar refractivity (Wildman–Crippen MR) is 72.3 cm³/mol. The molecule has 2 nitrogen and oxygen atoms in total. The van der Waals surface area contributed by atoms with Gasteiger partial charge in [-0.1, -0.05) is 0 Å². The molecule has 118 valence electrons. The number of piperidine rings is 1. The molecule has 1 N–H and O–H groups in total. The first-order chi connectivity index (χ1) is 9.24. The second-order valence-electron chi connectivity index (χ2n) is 7.17. The average Bonchev–Trinajstić information content (AvgIpc) is 3.08. The zero-order valence-electron chi connectivity index (χ0n) is 12.4. The van der Waals surface area contributed by atoms with Crippen LogP contribution in [0, 0.1) is 23.2 Å². The molecule has 1 aliphatic heterocycles. The third-order valence-corrected chi connectivity index (χ3v) is 5.10. The molecule has 0 spiro atoms. The molecule has 2 atom stereocenters. The van der Waals surface area contributed by atoms with Gasteiger partial charge in [-0.15, -0.1) is 0 Å². The summed E-state index contributed by atoms with van der Waals surface area (Å²) in [6.07, 6.45) is -0.00111. The van der Waals surface area contributed by atoms with Crippen molar-refractivity contribution in [2.45, 2.75) is 45.7 Å². The molecule has 20 heavy (non-hydrogen) atoms. The van der Waals surface area contributed by atoms with Crippen LogP contribution in [0.25, 0.3) is 0 Å². The maximum atomic E-state index is 12.9. The molecule has 0 aromatic carbocycles. The number of halogens is 3. The normalized spacial score (nSPS) is 29.7. The zero-order valence-corrected chi connectivity index (χ0v) is 12.4. The summed E-state index contributed by atoms with van der Waals surface area (Å²) in [5.74, 6) is 2.06. The van der Waals surface area contributed by atoms with Crippen molar-refractivity contribution in [2.24, 2.45) is 23.2 Å². The number of likely N-dealkylation sites (tertiary alicyclic amines) is 1. The van der Waals surface area contributed by atoms with E-state index in [1.807, 2.05) is 4.90 Å². The highest BCUT2D eigenvalue weighted by atomic mass is 19.4.